The van der Waals surface area contributed by atoms with Crippen molar-refractivity contribution in [2.45, 2.75) is 46.5 Å². The Kier molecular flexibility index (Phi) is 3.57. The first kappa shape index (κ1) is 10.0. The summed E-state index contributed by atoms with van der Waals surface area (Å²) in [7, 11) is 0. The van der Waals surface area contributed by atoms with E-state index in [0.717, 1.165) is 5.92 Å². The van der Waals surface area contributed by atoms with E-state index < -0.39 is 0 Å². The lowest BCUT2D eigenvalue weighted by Crippen LogP contribution is -2.28. The molecule has 0 amide bonds. The van der Waals surface area contributed by atoms with Gasteiger partial charge in [-0.05, 0) is 50.1 Å². The number of rotatable bonds is 2. The van der Waals surface area contributed by atoms with Gasteiger partial charge in [0.1, 0.15) is 0 Å². The first-order valence-corrected chi connectivity index (χ1v) is 5.29. The molecule has 0 bridgehead atoms. The van der Waals surface area contributed by atoms with Crippen molar-refractivity contribution >= 4 is 0 Å². The van der Waals surface area contributed by atoms with Gasteiger partial charge in [-0.3, -0.25) is 0 Å². The molecule has 1 aliphatic rings. The lowest BCUT2D eigenvalue weighted by molar-refractivity contribution is 0.282. The molecular formula is C11H23N. The van der Waals surface area contributed by atoms with Gasteiger partial charge in [-0.25, -0.2) is 0 Å². The minimum Gasteiger partial charge on any atom is -0.317 e. The van der Waals surface area contributed by atoms with Crippen LogP contribution in [0.5, 0.6) is 0 Å². The van der Waals surface area contributed by atoms with Crippen LogP contribution >= 0.6 is 0 Å². The maximum atomic E-state index is 3.41. The molecular weight excluding hydrogens is 146 g/mol. The fraction of sp³-hybridized carbons (Fsp3) is 1.00. The summed E-state index contributed by atoms with van der Waals surface area (Å²) in [6.07, 6.45) is 5.62. The van der Waals surface area contributed by atoms with E-state index in [1.54, 1.807) is 0 Å². The van der Waals surface area contributed by atoms with Gasteiger partial charge in [0, 0.05) is 0 Å². The molecule has 0 atom stereocenters. The van der Waals surface area contributed by atoms with E-state index in [-0.39, 0.29) is 0 Å². The zero-order valence-electron chi connectivity index (χ0n) is 8.82. The lowest BCUT2D eigenvalue weighted by atomic mass is 9.84. The Labute approximate surface area is 76.9 Å². The van der Waals surface area contributed by atoms with Crippen molar-refractivity contribution in [1.29, 1.82) is 0 Å². The van der Waals surface area contributed by atoms with Crippen molar-refractivity contribution in [3.63, 3.8) is 0 Å². The Balaban J connectivity index is 2.13. The number of nitrogens with one attached hydrogen (secondary N) is 1. The molecule has 1 rings (SSSR count). The minimum atomic E-state index is 0.533. The summed E-state index contributed by atoms with van der Waals surface area (Å²) in [5.41, 5.74) is 0.533. The normalized spacial score (nSPS) is 21.2. The van der Waals surface area contributed by atoms with Crippen LogP contribution in [0.15, 0.2) is 0 Å². The van der Waals surface area contributed by atoms with Crippen molar-refractivity contribution in [1.82, 2.24) is 5.32 Å². The molecule has 1 fully saturated rings. The molecule has 72 valence electrons. The van der Waals surface area contributed by atoms with Gasteiger partial charge in [0.15, 0.2) is 0 Å². The van der Waals surface area contributed by atoms with E-state index in [0.29, 0.717) is 5.41 Å². The van der Waals surface area contributed by atoms with E-state index in [4.69, 9.17) is 0 Å². The molecule has 1 heterocycles. The third-order valence-electron chi connectivity index (χ3n) is 2.76. The highest BCUT2D eigenvalue weighted by atomic mass is 14.9. The Bertz CT molecular complexity index is 117. The van der Waals surface area contributed by atoms with Gasteiger partial charge in [0.25, 0.3) is 0 Å². The van der Waals surface area contributed by atoms with Gasteiger partial charge in [-0.2, -0.15) is 0 Å². The molecule has 1 heteroatoms. The third kappa shape index (κ3) is 4.10. The third-order valence-corrected chi connectivity index (χ3v) is 2.76. The summed E-state index contributed by atoms with van der Waals surface area (Å²) in [4.78, 5) is 0. The zero-order chi connectivity index (χ0) is 9.03. The van der Waals surface area contributed by atoms with Crippen LogP contribution in [-0.4, -0.2) is 13.1 Å². The highest BCUT2D eigenvalue weighted by Gasteiger charge is 2.16. The smallest absolute Gasteiger partial charge is 0.00463 e. The number of hydrogen-bond donors (Lipinski definition) is 1. The predicted octanol–water partition coefficient (Wildman–Crippen LogP) is 2.81. The molecule has 0 aromatic rings. The quantitative estimate of drug-likeness (QED) is 0.670. The average molecular weight is 169 g/mol. The molecule has 0 radical (unpaired) electrons. The first-order chi connectivity index (χ1) is 5.58. The number of piperidine rings is 1. The van der Waals surface area contributed by atoms with E-state index in [2.05, 4.69) is 26.1 Å². The molecule has 0 unspecified atom stereocenters. The zero-order valence-corrected chi connectivity index (χ0v) is 8.82. The van der Waals surface area contributed by atoms with Crippen LogP contribution in [0.4, 0.5) is 0 Å². The van der Waals surface area contributed by atoms with Crippen LogP contribution in [0.1, 0.15) is 46.5 Å². The molecule has 0 saturated carbocycles. The summed E-state index contributed by atoms with van der Waals surface area (Å²) < 4.78 is 0. The van der Waals surface area contributed by atoms with Crippen molar-refractivity contribution in [3.8, 4) is 0 Å². The monoisotopic (exact) mass is 169 g/mol. The van der Waals surface area contributed by atoms with Gasteiger partial charge < -0.3 is 5.32 Å². The summed E-state index contributed by atoms with van der Waals surface area (Å²) in [5.74, 6) is 1.01. The van der Waals surface area contributed by atoms with Crippen LogP contribution in [-0.2, 0) is 0 Å². The average Bonchev–Trinajstić information content (AvgIpc) is 2.02. The van der Waals surface area contributed by atoms with E-state index in [9.17, 15) is 0 Å². The SMILES string of the molecule is CC(C)(C)CCC1CCNCC1. The van der Waals surface area contributed by atoms with Crippen molar-refractivity contribution in [3.05, 3.63) is 0 Å². The maximum Gasteiger partial charge on any atom is -0.00463 e. The first-order valence-electron chi connectivity index (χ1n) is 5.29. The molecule has 0 aromatic heterocycles. The Morgan fingerprint density at radius 1 is 1.17 bits per heavy atom. The Morgan fingerprint density at radius 2 is 1.75 bits per heavy atom. The molecule has 0 aliphatic carbocycles. The highest BCUT2D eigenvalue weighted by Crippen LogP contribution is 2.27. The standard InChI is InChI=1S/C11H23N/c1-11(2,3)7-4-10-5-8-12-9-6-10/h10,12H,4-9H2,1-3H3. The van der Waals surface area contributed by atoms with Gasteiger partial charge in [0.05, 0.1) is 0 Å². The van der Waals surface area contributed by atoms with Crippen LogP contribution < -0.4 is 5.32 Å². The summed E-state index contributed by atoms with van der Waals surface area (Å²) in [6, 6.07) is 0. The van der Waals surface area contributed by atoms with Crippen LogP contribution in [0.3, 0.4) is 0 Å². The van der Waals surface area contributed by atoms with E-state index >= 15 is 0 Å². The van der Waals surface area contributed by atoms with Crippen LogP contribution in [0.25, 0.3) is 0 Å². The molecule has 1 saturated heterocycles. The Morgan fingerprint density at radius 3 is 2.25 bits per heavy atom. The van der Waals surface area contributed by atoms with Crippen molar-refractivity contribution in [2.75, 3.05) is 13.1 Å². The number of hydrogen-bond acceptors (Lipinski definition) is 1. The van der Waals surface area contributed by atoms with Gasteiger partial charge in [0.2, 0.25) is 0 Å². The summed E-state index contributed by atoms with van der Waals surface area (Å²) in [5, 5.41) is 3.41. The fourth-order valence-corrected chi connectivity index (χ4v) is 1.81. The highest BCUT2D eigenvalue weighted by molar-refractivity contribution is 4.71. The predicted molar refractivity (Wildman–Crippen MR) is 54.3 cm³/mol. The minimum absolute atomic E-state index is 0.533. The molecule has 1 nitrogen and oxygen atoms in total. The van der Waals surface area contributed by atoms with Gasteiger partial charge in [-0.1, -0.05) is 20.8 Å². The van der Waals surface area contributed by atoms with Crippen LogP contribution in [0.2, 0.25) is 0 Å². The molecule has 0 aromatic carbocycles. The maximum absolute atomic E-state index is 3.41. The van der Waals surface area contributed by atoms with Crippen LogP contribution in [0, 0.1) is 11.3 Å². The molecule has 12 heavy (non-hydrogen) atoms. The molecule has 1 aliphatic heterocycles. The Hall–Kier alpha value is -0.0400. The largest absolute Gasteiger partial charge is 0.317 e. The van der Waals surface area contributed by atoms with Crippen molar-refractivity contribution < 1.29 is 0 Å². The second-order valence-corrected chi connectivity index (χ2v) is 5.29. The van der Waals surface area contributed by atoms with Gasteiger partial charge in [-0.15, -0.1) is 0 Å². The summed E-state index contributed by atoms with van der Waals surface area (Å²) >= 11 is 0. The van der Waals surface area contributed by atoms with E-state index in [1.807, 2.05) is 0 Å². The molecule has 1 N–H and O–H groups in total. The second-order valence-electron chi connectivity index (χ2n) is 5.29. The van der Waals surface area contributed by atoms with E-state index in [1.165, 1.54) is 38.8 Å². The van der Waals surface area contributed by atoms with Crippen molar-refractivity contribution in [2.24, 2.45) is 11.3 Å². The topological polar surface area (TPSA) is 12.0 Å². The fourth-order valence-electron chi connectivity index (χ4n) is 1.81. The molecule has 0 spiro atoms. The summed E-state index contributed by atoms with van der Waals surface area (Å²) in [6.45, 7) is 9.51. The lowest BCUT2D eigenvalue weighted by Gasteiger charge is -2.26. The second kappa shape index (κ2) is 4.27. The van der Waals surface area contributed by atoms with Gasteiger partial charge >= 0.3 is 0 Å².